The number of fused-ring (bicyclic) bond motifs is 1. The molecule has 0 aliphatic heterocycles. The van der Waals surface area contributed by atoms with Crippen LogP contribution in [-0.4, -0.2) is 22.6 Å². The van der Waals surface area contributed by atoms with E-state index in [0.717, 1.165) is 34.8 Å². The molecular formula is C16H22ClN3. The summed E-state index contributed by atoms with van der Waals surface area (Å²) in [5.41, 5.74) is 2.03. The molecule has 0 spiro atoms. The number of H-pyrrole nitrogens is 1. The molecule has 3 rings (SSSR count). The van der Waals surface area contributed by atoms with E-state index in [1.807, 2.05) is 18.2 Å². The van der Waals surface area contributed by atoms with E-state index < -0.39 is 0 Å². The van der Waals surface area contributed by atoms with Gasteiger partial charge in [-0.05, 0) is 31.0 Å². The predicted molar refractivity (Wildman–Crippen MR) is 84.3 cm³/mol. The largest absolute Gasteiger partial charge is 0.342 e. The Morgan fingerprint density at radius 2 is 2.00 bits per heavy atom. The van der Waals surface area contributed by atoms with Gasteiger partial charge in [-0.15, -0.1) is 0 Å². The molecular weight excluding hydrogens is 270 g/mol. The van der Waals surface area contributed by atoms with Crippen molar-refractivity contribution in [3.8, 4) is 0 Å². The zero-order chi connectivity index (χ0) is 13.8. The second kappa shape index (κ2) is 6.59. The SMILES string of the molecule is Clc1ccc2nc(CCNC3CCCCCC3)[nH]c2c1. The van der Waals surface area contributed by atoms with Gasteiger partial charge in [-0.25, -0.2) is 4.98 Å². The molecule has 0 saturated heterocycles. The van der Waals surface area contributed by atoms with Crippen LogP contribution in [0.2, 0.25) is 5.02 Å². The van der Waals surface area contributed by atoms with Gasteiger partial charge in [0.1, 0.15) is 5.82 Å². The van der Waals surface area contributed by atoms with E-state index in [0.29, 0.717) is 6.04 Å². The fourth-order valence-electron chi connectivity index (χ4n) is 3.03. The maximum absolute atomic E-state index is 5.99. The van der Waals surface area contributed by atoms with Crippen LogP contribution < -0.4 is 5.32 Å². The third-order valence-electron chi connectivity index (χ3n) is 4.14. The molecule has 1 aliphatic carbocycles. The molecule has 0 radical (unpaired) electrons. The van der Waals surface area contributed by atoms with Crippen molar-refractivity contribution in [1.82, 2.24) is 15.3 Å². The van der Waals surface area contributed by atoms with Crippen LogP contribution in [0.25, 0.3) is 11.0 Å². The summed E-state index contributed by atoms with van der Waals surface area (Å²) in [6.07, 6.45) is 9.17. The summed E-state index contributed by atoms with van der Waals surface area (Å²) in [4.78, 5) is 7.95. The number of nitrogens with one attached hydrogen (secondary N) is 2. The quantitative estimate of drug-likeness (QED) is 0.834. The second-order valence-electron chi connectivity index (χ2n) is 5.74. The van der Waals surface area contributed by atoms with Crippen LogP contribution in [-0.2, 0) is 6.42 Å². The first kappa shape index (κ1) is 13.9. The molecule has 0 amide bonds. The van der Waals surface area contributed by atoms with Crippen LogP contribution in [0.1, 0.15) is 44.3 Å². The molecule has 2 N–H and O–H groups in total. The predicted octanol–water partition coefficient (Wildman–Crippen LogP) is 4.07. The Bertz CT molecular complexity index is 556. The summed E-state index contributed by atoms with van der Waals surface area (Å²) in [5.74, 6) is 1.04. The third kappa shape index (κ3) is 3.53. The van der Waals surface area contributed by atoms with Crippen LogP contribution in [0.5, 0.6) is 0 Å². The Kier molecular flexibility index (Phi) is 4.58. The van der Waals surface area contributed by atoms with Gasteiger partial charge in [0.2, 0.25) is 0 Å². The molecule has 20 heavy (non-hydrogen) atoms. The van der Waals surface area contributed by atoms with Crippen molar-refractivity contribution >= 4 is 22.6 Å². The average Bonchev–Trinajstić information content (AvgIpc) is 2.66. The van der Waals surface area contributed by atoms with Gasteiger partial charge in [-0.1, -0.05) is 37.3 Å². The Labute approximate surface area is 125 Å². The minimum atomic E-state index is 0.705. The number of nitrogens with zero attached hydrogens (tertiary/aromatic N) is 1. The molecule has 108 valence electrons. The summed E-state index contributed by atoms with van der Waals surface area (Å²) in [7, 11) is 0. The molecule has 2 aromatic rings. The van der Waals surface area contributed by atoms with Crippen LogP contribution in [0.3, 0.4) is 0 Å². The highest BCUT2D eigenvalue weighted by atomic mass is 35.5. The van der Waals surface area contributed by atoms with Crippen molar-refractivity contribution < 1.29 is 0 Å². The molecule has 0 unspecified atom stereocenters. The first-order chi connectivity index (χ1) is 9.81. The van der Waals surface area contributed by atoms with E-state index >= 15 is 0 Å². The highest BCUT2D eigenvalue weighted by molar-refractivity contribution is 6.31. The van der Waals surface area contributed by atoms with E-state index in [9.17, 15) is 0 Å². The van der Waals surface area contributed by atoms with Gasteiger partial charge in [-0.3, -0.25) is 0 Å². The Hall–Kier alpha value is -1.06. The van der Waals surface area contributed by atoms with E-state index in [1.54, 1.807) is 0 Å². The number of aromatic amines is 1. The molecule has 4 heteroatoms. The molecule has 1 aromatic heterocycles. The lowest BCUT2D eigenvalue weighted by molar-refractivity contribution is 0.461. The summed E-state index contributed by atoms with van der Waals surface area (Å²) in [6.45, 7) is 0.998. The van der Waals surface area contributed by atoms with Crippen LogP contribution >= 0.6 is 11.6 Å². The van der Waals surface area contributed by atoms with Gasteiger partial charge in [0.15, 0.2) is 0 Å². The summed E-state index contributed by atoms with van der Waals surface area (Å²) in [5, 5.41) is 4.43. The smallest absolute Gasteiger partial charge is 0.108 e. The van der Waals surface area contributed by atoms with Crippen molar-refractivity contribution in [3.63, 3.8) is 0 Å². The normalized spacial score (nSPS) is 17.4. The molecule has 1 saturated carbocycles. The number of benzene rings is 1. The number of hydrogen-bond acceptors (Lipinski definition) is 2. The van der Waals surface area contributed by atoms with Gasteiger partial charge < -0.3 is 10.3 Å². The Morgan fingerprint density at radius 3 is 2.80 bits per heavy atom. The highest BCUT2D eigenvalue weighted by Gasteiger charge is 2.11. The first-order valence-electron chi connectivity index (χ1n) is 7.69. The molecule has 1 fully saturated rings. The van der Waals surface area contributed by atoms with Gasteiger partial charge in [0.25, 0.3) is 0 Å². The van der Waals surface area contributed by atoms with E-state index in [1.165, 1.54) is 38.5 Å². The van der Waals surface area contributed by atoms with Crippen molar-refractivity contribution in [2.45, 2.75) is 51.0 Å². The van der Waals surface area contributed by atoms with E-state index in [-0.39, 0.29) is 0 Å². The maximum atomic E-state index is 5.99. The third-order valence-corrected chi connectivity index (χ3v) is 4.38. The van der Waals surface area contributed by atoms with Crippen LogP contribution in [0, 0.1) is 0 Å². The minimum Gasteiger partial charge on any atom is -0.342 e. The topological polar surface area (TPSA) is 40.7 Å². The zero-order valence-corrected chi connectivity index (χ0v) is 12.5. The lowest BCUT2D eigenvalue weighted by Gasteiger charge is -2.15. The zero-order valence-electron chi connectivity index (χ0n) is 11.8. The van der Waals surface area contributed by atoms with Crippen molar-refractivity contribution in [2.75, 3.05) is 6.54 Å². The minimum absolute atomic E-state index is 0.705. The Balaban J connectivity index is 1.54. The molecule has 0 bridgehead atoms. The fourth-order valence-corrected chi connectivity index (χ4v) is 3.20. The summed E-state index contributed by atoms with van der Waals surface area (Å²) in [6, 6.07) is 6.50. The summed E-state index contributed by atoms with van der Waals surface area (Å²) < 4.78 is 0. The highest BCUT2D eigenvalue weighted by Crippen LogP contribution is 2.18. The van der Waals surface area contributed by atoms with Crippen molar-refractivity contribution in [3.05, 3.63) is 29.0 Å². The summed E-state index contributed by atoms with van der Waals surface area (Å²) >= 11 is 5.99. The number of imidazole rings is 1. The van der Waals surface area contributed by atoms with E-state index in [2.05, 4.69) is 15.3 Å². The standard InChI is InChI=1S/C16H22ClN3/c17-12-7-8-14-15(11-12)20-16(19-14)9-10-18-13-5-3-1-2-4-6-13/h7-8,11,13,18H,1-6,9-10H2,(H,19,20). The van der Waals surface area contributed by atoms with Crippen LogP contribution in [0.15, 0.2) is 18.2 Å². The van der Waals surface area contributed by atoms with Gasteiger partial charge in [-0.2, -0.15) is 0 Å². The number of rotatable bonds is 4. The Morgan fingerprint density at radius 1 is 1.20 bits per heavy atom. The molecule has 3 nitrogen and oxygen atoms in total. The number of aromatic nitrogens is 2. The van der Waals surface area contributed by atoms with Gasteiger partial charge >= 0.3 is 0 Å². The van der Waals surface area contributed by atoms with E-state index in [4.69, 9.17) is 11.6 Å². The lowest BCUT2D eigenvalue weighted by atomic mass is 10.1. The molecule has 0 atom stereocenters. The number of hydrogen-bond donors (Lipinski definition) is 2. The molecule has 1 heterocycles. The van der Waals surface area contributed by atoms with Gasteiger partial charge in [0.05, 0.1) is 11.0 Å². The lowest BCUT2D eigenvalue weighted by Crippen LogP contribution is -2.30. The second-order valence-corrected chi connectivity index (χ2v) is 6.17. The molecule has 1 aliphatic rings. The van der Waals surface area contributed by atoms with Gasteiger partial charge in [0, 0.05) is 24.0 Å². The number of halogens is 1. The average molecular weight is 292 g/mol. The fraction of sp³-hybridized carbons (Fsp3) is 0.562. The molecule has 1 aromatic carbocycles. The maximum Gasteiger partial charge on any atom is 0.108 e. The monoisotopic (exact) mass is 291 g/mol. The van der Waals surface area contributed by atoms with Crippen LogP contribution in [0.4, 0.5) is 0 Å². The first-order valence-corrected chi connectivity index (χ1v) is 8.06. The van der Waals surface area contributed by atoms with Crippen molar-refractivity contribution in [2.24, 2.45) is 0 Å². The van der Waals surface area contributed by atoms with Crippen molar-refractivity contribution in [1.29, 1.82) is 0 Å².